The molecule has 0 aliphatic rings. The van der Waals surface area contributed by atoms with Gasteiger partial charge in [0.2, 0.25) is 0 Å². The molecule has 0 amide bonds. The lowest BCUT2D eigenvalue weighted by Gasteiger charge is -2.16. The third-order valence-electron chi connectivity index (χ3n) is 2.28. The average Bonchev–Trinajstić information content (AvgIpc) is 2.13. The van der Waals surface area contributed by atoms with Crippen LogP contribution in [0.2, 0.25) is 0 Å². The van der Waals surface area contributed by atoms with E-state index in [1.54, 1.807) is 0 Å². The first-order valence-electron chi connectivity index (χ1n) is 4.62. The smallest absolute Gasteiger partial charge is 0.0326 e. The highest BCUT2D eigenvalue weighted by Crippen LogP contribution is 2.26. The number of nitrogens with one attached hydrogen (secondary N) is 1. The van der Waals surface area contributed by atoms with Gasteiger partial charge in [-0.15, -0.1) is 0 Å². The number of hydrogen-bond donors (Lipinski definition) is 1. The van der Waals surface area contributed by atoms with E-state index in [9.17, 15) is 0 Å². The van der Waals surface area contributed by atoms with Crippen molar-refractivity contribution in [2.45, 2.75) is 26.3 Å². The lowest BCUT2D eigenvalue weighted by molar-refractivity contribution is 0.574. The highest BCUT2D eigenvalue weighted by Gasteiger charge is 2.09. The largest absolute Gasteiger partial charge is 0.313 e. The van der Waals surface area contributed by atoms with Crippen LogP contribution in [0, 0.1) is 6.92 Å². The molecule has 0 aliphatic carbocycles. The normalized spacial score (nSPS) is 12.9. The first kappa shape index (κ1) is 10.7. The fraction of sp³-hybridized carbons (Fsp3) is 0.455. The fourth-order valence-corrected chi connectivity index (χ4v) is 2.03. The number of hydrogen-bond acceptors (Lipinski definition) is 1. The van der Waals surface area contributed by atoms with Crippen LogP contribution >= 0.6 is 15.9 Å². The molecule has 1 aromatic rings. The topological polar surface area (TPSA) is 12.0 Å². The van der Waals surface area contributed by atoms with Crippen molar-refractivity contribution < 1.29 is 0 Å². The molecular formula is C11H16BrN. The maximum absolute atomic E-state index is 3.57. The summed E-state index contributed by atoms with van der Waals surface area (Å²) in [5, 5.41) is 3.31. The van der Waals surface area contributed by atoms with E-state index in [0.717, 1.165) is 6.42 Å². The van der Waals surface area contributed by atoms with Crippen LogP contribution in [0.3, 0.4) is 0 Å². The Balaban J connectivity index is 3.03. The molecule has 1 nitrogen and oxygen atoms in total. The molecule has 0 saturated carbocycles. The molecule has 1 aromatic carbocycles. The summed E-state index contributed by atoms with van der Waals surface area (Å²) >= 11 is 3.57. The summed E-state index contributed by atoms with van der Waals surface area (Å²) in [6, 6.07) is 6.92. The number of halogens is 1. The minimum atomic E-state index is 0.453. The summed E-state index contributed by atoms with van der Waals surface area (Å²) in [5.74, 6) is 0. The van der Waals surface area contributed by atoms with Crippen LogP contribution in [0.4, 0.5) is 0 Å². The maximum atomic E-state index is 3.57. The van der Waals surface area contributed by atoms with E-state index < -0.39 is 0 Å². The predicted molar refractivity (Wildman–Crippen MR) is 61.0 cm³/mol. The second kappa shape index (κ2) is 4.77. The van der Waals surface area contributed by atoms with Crippen LogP contribution in [0.15, 0.2) is 22.7 Å². The van der Waals surface area contributed by atoms with Gasteiger partial charge in [-0.05, 0) is 32.0 Å². The Labute approximate surface area is 88.7 Å². The van der Waals surface area contributed by atoms with E-state index in [1.807, 2.05) is 7.05 Å². The van der Waals surface area contributed by atoms with E-state index in [2.05, 4.69) is 53.3 Å². The fourth-order valence-electron chi connectivity index (χ4n) is 1.51. The molecule has 1 unspecified atom stereocenters. The molecule has 0 aliphatic heterocycles. The first-order valence-corrected chi connectivity index (χ1v) is 5.41. The van der Waals surface area contributed by atoms with Crippen molar-refractivity contribution in [1.29, 1.82) is 0 Å². The van der Waals surface area contributed by atoms with Crippen LogP contribution in [0.25, 0.3) is 0 Å². The van der Waals surface area contributed by atoms with E-state index in [4.69, 9.17) is 0 Å². The molecule has 0 saturated heterocycles. The van der Waals surface area contributed by atoms with Crippen molar-refractivity contribution >= 4 is 15.9 Å². The first-order chi connectivity index (χ1) is 6.19. The zero-order chi connectivity index (χ0) is 9.84. The second-order valence-electron chi connectivity index (χ2n) is 3.27. The third-order valence-corrected chi connectivity index (χ3v) is 3.01. The van der Waals surface area contributed by atoms with Crippen LogP contribution in [0.5, 0.6) is 0 Å². The second-order valence-corrected chi connectivity index (χ2v) is 4.13. The predicted octanol–water partition coefficient (Wildman–Crippen LogP) is 3.43. The van der Waals surface area contributed by atoms with Gasteiger partial charge < -0.3 is 5.32 Å². The minimum absolute atomic E-state index is 0.453. The number of rotatable bonds is 3. The summed E-state index contributed by atoms with van der Waals surface area (Å²) in [6.07, 6.45) is 1.11. The van der Waals surface area contributed by atoms with Crippen molar-refractivity contribution in [1.82, 2.24) is 5.32 Å². The Morgan fingerprint density at radius 2 is 2.15 bits per heavy atom. The molecule has 0 aromatic heterocycles. The van der Waals surface area contributed by atoms with E-state index in [1.165, 1.54) is 15.6 Å². The average molecular weight is 242 g/mol. The lowest BCUT2D eigenvalue weighted by atomic mass is 10.0. The van der Waals surface area contributed by atoms with Crippen molar-refractivity contribution in [3.8, 4) is 0 Å². The summed E-state index contributed by atoms with van der Waals surface area (Å²) < 4.78 is 1.19. The van der Waals surface area contributed by atoms with Crippen LogP contribution in [-0.2, 0) is 0 Å². The van der Waals surface area contributed by atoms with Gasteiger partial charge in [-0.2, -0.15) is 0 Å². The molecule has 0 spiro atoms. The van der Waals surface area contributed by atoms with Gasteiger partial charge >= 0.3 is 0 Å². The highest BCUT2D eigenvalue weighted by molar-refractivity contribution is 9.10. The number of benzene rings is 1. The quantitative estimate of drug-likeness (QED) is 0.856. The van der Waals surface area contributed by atoms with E-state index >= 15 is 0 Å². The zero-order valence-corrected chi connectivity index (χ0v) is 9.98. The lowest BCUT2D eigenvalue weighted by Crippen LogP contribution is -2.15. The Hall–Kier alpha value is -0.340. The van der Waals surface area contributed by atoms with Crippen molar-refractivity contribution in [3.63, 3.8) is 0 Å². The number of aryl methyl sites for hydroxylation is 1. The van der Waals surface area contributed by atoms with Gasteiger partial charge in [-0.1, -0.05) is 40.5 Å². The summed E-state index contributed by atoms with van der Waals surface area (Å²) in [4.78, 5) is 0. The van der Waals surface area contributed by atoms with Gasteiger partial charge in [0, 0.05) is 10.5 Å². The molecule has 0 radical (unpaired) electrons. The standard InChI is InChI=1S/C11H16BrN/c1-4-11(13-3)9-7-8(2)5-6-10(9)12/h5-7,11,13H,4H2,1-3H3. The summed E-state index contributed by atoms with van der Waals surface area (Å²) in [7, 11) is 2.00. The SMILES string of the molecule is CCC(NC)c1cc(C)ccc1Br. The van der Waals surface area contributed by atoms with Crippen LogP contribution in [-0.4, -0.2) is 7.05 Å². The minimum Gasteiger partial charge on any atom is -0.313 e. The van der Waals surface area contributed by atoms with Gasteiger partial charge in [0.05, 0.1) is 0 Å². The molecule has 1 atom stereocenters. The van der Waals surface area contributed by atoms with Gasteiger partial charge in [0.15, 0.2) is 0 Å². The van der Waals surface area contributed by atoms with Crippen LogP contribution in [0.1, 0.15) is 30.5 Å². The van der Waals surface area contributed by atoms with Gasteiger partial charge in [-0.3, -0.25) is 0 Å². The monoisotopic (exact) mass is 241 g/mol. The van der Waals surface area contributed by atoms with Gasteiger partial charge in [-0.25, -0.2) is 0 Å². The van der Waals surface area contributed by atoms with Crippen molar-refractivity contribution in [3.05, 3.63) is 33.8 Å². The zero-order valence-electron chi connectivity index (χ0n) is 8.39. The third kappa shape index (κ3) is 2.55. The Bertz CT molecular complexity index is 279. The molecule has 0 fully saturated rings. The summed E-state index contributed by atoms with van der Waals surface area (Å²) in [5.41, 5.74) is 2.66. The van der Waals surface area contributed by atoms with E-state index in [0.29, 0.717) is 6.04 Å². The molecule has 1 rings (SSSR count). The van der Waals surface area contributed by atoms with Gasteiger partial charge in [0.25, 0.3) is 0 Å². The molecule has 0 heterocycles. The molecule has 0 bridgehead atoms. The Kier molecular flexibility index (Phi) is 3.94. The van der Waals surface area contributed by atoms with Crippen molar-refractivity contribution in [2.75, 3.05) is 7.05 Å². The molecule has 72 valence electrons. The van der Waals surface area contributed by atoms with Crippen molar-refractivity contribution in [2.24, 2.45) is 0 Å². The van der Waals surface area contributed by atoms with Crippen LogP contribution < -0.4 is 5.32 Å². The molecule has 13 heavy (non-hydrogen) atoms. The van der Waals surface area contributed by atoms with E-state index in [-0.39, 0.29) is 0 Å². The highest BCUT2D eigenvalue weighted by atomic mass is 79.9. The molecular weight excluding hydrogens is 226 g/mol. The molecule has 2 heteroatoms. The summed E-state index contributed by atoms with van der Waals surface area (Å²) in [6.45, 7) is 4.31. The van der Waals surface area contributed by atoms with Gasteiger partial charge in [0.1, 0.15) is 0 Å². The maximum Gasteiger partial charge on any atom is 0.0326 e. The Morgan fingerprint density at radius 1 is 1.46 bits per heavy atom. The molecule has 1 N–H and O–H groups in total. The Morgan fingerprint density at radius 3 is 2.69 bits per heavy atom.